The molecule has 7 heteroatoms. The molecule has 1 aliphatic heterocycles. The van der Waals surface area contributed by atoms with E-state index in [1.807, 2.05) is 23.6 Å². The van der Waals surface area contributed by atoms with E-state index in [-0.39, 0.29) is 36.7 Å². The van der Waals surface area contributed by atoms with Gasteiger partial charge < -0.3 is 14.5 Å². The Bertz CT molecular complexity index is 522. The maximum Gasteiger partial charge on any atom is 0.306 e. The molecule has 1 saturated heterocycles. The summed E-state index contributed by atoms with van der Waals surface area (Å²) < 4.78 is 4.90. The lowest BCUT2D eigenvalue weighted by molar-refractivity contribution is -0.147. The quantitative estimate of drug-likeness (QED) is 0.558. The molecule has 2 aliphatic rings. The van der Waals surface area contributed by atoms with Gasteiger partial charge in [0.05, 0.1) is 19.1 Å². The Hall–Kier alpha value is -1.63. The highest BCUT2D eigenvalue weighted by Gasteiger charge is 2.38. The summed E-state index contributed by atoms with van der Waals surface area (Å²) in [6.07, 6.45) is 4.99. The van der Waals surface area contributed by atoms with Gasteiger partial charge in [0.1, 0.15) is 0 Å². The van der Waals surface area contributed by atoms with Crippen LogP contribution in [0.4, 0.5) is 0 Å². The van der Waals surface area contributed by atoms with E-state index in [0.29, 0.717) is 25.6 Å². The lowest BCUT2D eigenvalue weighted by Gasteiger charge is -2.42. The summed E-state index contributed by atoms with van der Waals surface area (Å²) in [7, 11) is 0. The maximum atomic E-state index is 13.2. The van der Waals surface area contributed by atoms with Gasteiger partial charge in [0.15, 0.2) is 0 Å². The minimum atomic E-state index is -0.319. The molecular formula is C21H37N3O4. The summed E-state index contributed by atoms with van der Waals surface area (Å²) in [6, 6.07) is -0.0563. The predicted octanol–water partition coefficient (Wildman–Crippen LogP) is 1.90. The number of esters is 1. The van der Waals surface area contributed by atoms with Gasteiger partial charge in [0, 0.05) is 45.7 Å². The van der Waals surface area contributed by atoms with Crippen LogP contribution in [0.2, 0.25) is 0 Å². The Labute approximate surface area is 169 Å². The topological polar surface area (TPSA) is 70.2 Å². The maximum absolute atomic E-state index is 13.2. The fourth-order valence-electron chi connectivity index (χ4n) is 4.50. The van der Waals surface area contributed by atoms with Gasteiger partial charge in [-0.3, -0.25) is 19.3 Å². The Morgan fingerprint density at radius 2 is 1.57 bits per heavy atom. The molecule has 1 atom stereocenters. The molecule has 0 aromatic rings. The van der Waals surface area contributed by atoms with E-state index in [2.05, 4.69) is 4.90 Å². The van der Waals surface area contributed by atoms with Gasteiger partial charge in [-0.25, -0.2) is 0 Å². The third-order valence-corrected chi connectivity index (χ3v) is 6.08. The van der Waals surface area contributed by atoms with Crippen LogP contribution in [-0.4, -0.2) is 84.4 Å². The lowest BCUT2D eigenvalue weighted by Crippen LogP contribution is -2.58. The first kappa shape index (κ1) is 22.7. The molecule has 1 unspecified atom stereocenters. The zero-order valence-electron chi connectivity index (χ0n) is 17.8. The predicted molar refractivity (Wildman–Crippen MR) is 108 cm³/mol. The van der Waals surface area contributed by atoms with Crippen molar-refractivity contribution in [3.05, 3.63) is 0 Å². The number of amides is 2. The Morgan fingerprint density at radius 3 is 2.11 bits per heavy atom. The lowest BCUT2D eigenvalue weighted by atomic mass is 9.94. The molecule has 0 aromatic carbocycles. The molecule has 0 spiro atoms. The van der Waals surface area contributed by atoms with Crippen molar-refractivity contribution in [3.63, 3.8) is 0 Å². The van der Waals surface area contributed by atoms with E-state index in [9.17, 15) is 14.4 Å². The van der Waals surface area contributed by atoms with Crippen molar-refractivity contribution in [2.24, 2.45) is 5.92 Å². The standard InChI is InChI=1S/C21H37N3O4/c1-4-22(5-2)21(27)20(17-9-7-8-10-17)24-15-13-23(14-16-24)18(25)11-12-19(26)28-6-3/h17,20H,4-16H2,1-3H3. The van der Waals surface area contributed by atoms with Gasteiger partial charge >= 0.3 is 5.97 Å². The first-order valence-electron chi connectivity index (χ1n) is 11.0. The van der Waals surface area contributed by atoms with Crippen LogP contribution in [0.3, 0.4) is 0 Å². The second kappa shape index (κ2) is 11.4. The number of hydrogen-bond donors (Lipinski definition) is 0. The molecular weight excluding hydrogens is 358 g/mol. The molecule has 2 fully saturated rings. The number of ether oxygens (including phenoxy) is 1. The summed E-state index contributed by atoms with van der Waals surface area (Å²) in [6.45, 7) is 10.3. The number of carbonyl (C=O) groups is 3. The summed E-state index contributed by atoms with van der Waals surface area (Å²) in [4.78, 5) is 43.1. The number of carbonyl (C=O) groups excluding carboxylic acids is 3. The highest BCUT2D eigenvalue weighted by Crippen LogP contribution is 2.32. The Balaban J connectivity index is 1.92. The van der Waals surface area contributed by atoms with Gasteiger partial charge in [-0.2, -0.15) is 0 Å². The van der Waals surface area contributed by atoms with Gasteiger partial charge in [-0.05, 0) is 39.5 Å². The van der Waals surface area contributed by atoms with Crippen molar-refractivity contribution < 1.29 is 19.1 Å². The largest absolute Gasteiger partial charge is 0.466 e. The van der Waals surface area contributed by atoms with E-state index >= 15 is 0 Å². The fourth-order valence-corrected chi connectivity index (χ4v) is 4.50. The first-order chi connectivity index (χ1) is 13.5. The summed E-state index contributed by atoms with van der Waals surface area (Å²) in [5.41, 5.74) is 0. The Morgan fingerprint density at radius 1 is 0.964 bits per heavy atom. The number of rotatable bonds is 9. The van der Waals surface area contributed by atoms with E-state index in [0.717, 1.165) is 39.0 Å². The van der Waals surface area contributed by atoms with Crippen molar-refractivity contribution in [3.8, 4) is 0 Å². The molecule has 0 aromatic heterocycles. The van der Waals surface area contributed by atoms with Gasteiger partial charge in [0.25, 0.3) is 0 Å². The van der Waals surface area contributed by atoms with Crippen LogP contribution in [0.15, 0.2) is 0 Å². The molecule has 0 radical (unpaired) electrons. The number of hydrogen-bond acceptors (Lipinski definition) is 5. The van der Waals surface area contributed by atoms with Crippen molar-refractivity contribution in [1.82, 2.24) is 14.7 Å². The molecule has 2 rings (SSSR count). The molecule has 0 bridgehead atoms. The van der Waals surface area contributed by atoms with Crippen molar-refractivity contribution >= 4 is 17.8 Å². The highest BCUT2D eigenvalue weighted by molar-refractivity contribution is 5.83. The van der Waals surface area contributed by atoms with Crippen LogP contribution in [0.1, 0.15) is 59.3 Å². The zero-order valence-corrected chi connectivity index (χ0v) is 17.8. The fraction of sp³-hybridized carbons (Fsp3) is 0.857. The van der Waals surface area contributed by atoms with E-state index < -0.39 is 0 Å². The molecule has 28 heavy (non-hydrogen) atoms. The number of piperazine rings is 1. The van der Waals surface area contributed by atoms with Crippen LogP contribution < -0.4 is 0 Å². The molecule has 0 N–H and O–H groups in total. The molecule has 1 heterocycles. The number of likely N-dealkylation sites (N-methyl/N-ethyl adjacent to an activating group) is 1. The van der Waals surface area contributed by atoms with Crippen molar-refractivity contribution in [2.45, 2.75) is 65.3 Å². The van der Waals surface area contributed by atoms with Crippen LogP contribution in [0, 0.1) is 5.92 Å². The minimum absolute atomic E-state index is 0.000175. The van der Waals surface area contributed by atoms with Gasteiger partial charge in [0.2, 0.25) is 11.8 Å². The number of nitrogens with zero attached hydrogens (tertiary/aromatic N) is 3. The average molecular weight is 396 g/mol. The Kier molecular flexibility index (Phi) is 9.22. The summed E-state index contributed by atoms with van der Waals surface area (Å²) in [5.74, 6) is 0.360. The van der Waals surface area contributed by atoms with Gasteiger partial charge in [-0.1, -0.05) is 12.8 Å². The smallest absolute Gasteiger partial charge is 0.306 e. The first-order valence-corrected chi connectivity index (χ1v) is 11.0. The van der Waals surface area contributed by atoms with Crippen LogP contribution in [-0.2, 0) is 19.1 Å². The monoisotopic (exact) mass is 395 g/mol. The van der Waals surface area contributed by atoms with E-state index in [1.54, 1.807) is 6.92 Å². The molecule has 1 aliphatic carbocycles. The highest BCUT2D eigenvalue weighted by atomic mass is 16.5. The van der Waals surface area contributed by atoms with Crippen molar-refractivity contribution in [1.29, 1.82) is 0 Å². The second-order valence-corrected chi connectivity index (χ2v) is 7.72. The summed E-state index contributed by atoms with van der Waals surface area (Å²) >= 11 is 0. The SMILES string of the molecule is CCOC(=O)CCC(=O)N1CCN(C(C(=O)N(CC)CC)C2CCCC2)CC1. The van der Waals surface area contributed by atoms with E-state index in [1.165, 1.54) is 12.8 Å². The molecule has 2 amide bonds. The van der Waals surface area contributed by atoms with Crippen LogP contribution in [0.25, 0.3) is 0 Å². The van der Waals surface area contributed by atoms with Crippen LogP contribution >= 0.6 is 0 Å². The van der Waals surface area contributed by atoms with E-state index in [4.69, 9.17) is 4.74 Å². The minimum Gasteiger partial charge on any atom is -0.466 e. The summed E-state index contributed by atoms with van der Waals surface area (Å²) in [5, 5.41) is 0. The normalized spacial score (nSPS) is 19.5. The third kappa shape index (κ3) is 5.93. The molecule has 1 saturated carbocycles. The third-order valence-electron chi connectivity index (χ3n) is 6.08. The molecule has 160 valence electrons. The zero-order chi connectivity index (χ0) is 20.5. The van der Waals surface area contributed by atoms with Crippen molar-refractivity contribution in [2.75, 3.05) is 45.9 Å². The van der Waals surface area contributed by atoms with Gasteiger partial charge in [-0.15, -0.1) is 0 Å². The average Bonchev–Trinajstić information content (AvgIpc) is 3.22. The second-order valence-electron chi connectivity index (χ2n) is 7.72. The van der Waals surface area contributed by atoms with Crippen LogP contribution in [0.5, 0.6) is 0 Å². The molecule has 7 nitrogen and oxygen atoms in total.